The van der Waals surface area contributed by atoms with Crippen molar-refractivity contribution in [1.29, 1.82) is 0 Å². The zero-order valence-corrected chi connectivity index (χ0v) is 16.4. The second-order valence-electron chi connectivity index (χ2n) is 7.69. The van der Waals surface area contributed by atoms with Gasteiger partial charge in [0.05, 0.1) is 17.3 Å². The number of halogens is 3. The molecule has 1 aromatic heterocycles. The maximum atomic E-state index is 12.8. The third-order valence-corrected chi connectivity index (χ3v) is 6.68. The molecule has 1 unspecified atom stereocenters. The molecule has 4 rings (SSSR count). The van der Waals surface area contributed by atoms with Gasteiger partial charge in [-0.1, -0.05) is 12.1 Å². The molecule has 1 aliphatic heterocycles. The van der Waals surface area contributed by atoms with Crippen LogP contribution in [-0.4, -0.2) is 34.8 Å². The molecule has 2 aliphatic rings. The Bertz CT molecular complexity index is 906. The summed E-state index contributed by atoms with van der Waals surface area (Å²) >= 11 is 1.32. The molecule has 1 saturated carbocycles. The van der Waals surface area contributed by atoms with Crippen LogP contribution in [0.25, 0.3) is 0 Å². The number of aromatic nitrogens is 1. The lowest BCUT2D eigenvalue weighted by Crippen LogP contribution is -2.40. The molecule has 154 valence electrons. The zero-order valence-electron chi connectivity index (χ0n) is 15.5. The summed E-state index contributed by atoms with van der Waals surface area (Å²) in [5.74, 6) is -0.271. The molecule has 0 radical (unpaired) electrons. The average molecular weight is 423 g/mol. The van der Waals surface area contributed by atoms with E-state index in [9.17, 15) is 22.8 Å². The van der Waals surface area contributed by atoms with Gasteiger partial charge in [0.1, 0.15) is 4.88 Å². The van der Waals surface area contributed by atoms with E-state index in [0.29, 0.717) is 23.5 Å². The number of hydrogen-bond acceptors (Lipinski definition) is 4. The second-order valence-corrected chi connectivity index (χ2v) is 8.58. The molecule has 1 aliphatic carbocycles. The molecule has 9 heteroatoms. The van der Waals surface area contributed by atoms with Crippen LogP contribution in [0.3, 0.4) is 0 Å². The first-order valence-corrected chi connectivity index (χ1v) is 10.3. The highest BCUT2D eigenvalue weighted by Gasteiger charge is 2.58. The van der Waals surface area contributed by atoms with E-state index in [0.717, 1.165) is 31.4 Å². The molecular weight excluding hydrogens is 403 g/mol. The molecule has 0 bridgehead atoms. The SMILES string of the molecule is O=C(NCc1cccc(C(F)(F)F)c1)C1CC12CCN(C(=O)c1cncs1)CC2. The number of benzene rings is 1. The van der Waals surface area contributed by atoms with Crippen LogP contribution in [0.2, 0.25) is 0 Å². The number of carbonyl (C=O) groups is 2. The van der Waals surface area contributed by atoms with Crippen LogP contribution in [-0.2, 0) is 17.5 Å². The Labute approximate surface area is 169 Å². The van der Waals surface area contributed by atoms with Crippen LogP contribution in [0.1, 0.15) is 40.1 Å². The topological polar surface area (TPSA) is 62.3 Å². The first kappa shape index (κ1) is 19.9. The van der Waals surface area contributed by atoms with Crippen LogP contribution >= 0.6 is 11.3 Å². The van der Waals surface area contributed by atoms with E-state index in [4.69, 9.17) is 0 Å². The lowest BCUT2D eigenvalue weighted by atomic mass is 9.90. The Balaban J connectivity index is 1.28. The van der Waals surface area contributed by atoms with Crippen LogP contribution in [0.4, 0.5) is 13.2 Å². The number of rotatable bonds is 4. The van der Waals surface area contributed by atoms with Crippen molar-refractivity contribution in [2.24, 2.45) is 11.3 Å². The highest BCUT2D eigenvalue weighted by Crippen LogP contribution is 2.59. The predicted octanol–water partition coefficient (Wildman–Crippen LogP) is 3.72. The molecule has 5 nitrogen and oxygen atoms in total. The molecule has 1 aromatic carbocycles. The standard InChI is InChI=1S/C20H20F3N3O2S/c21-20(22,23)14-3-1-2-13(8-14)10-25-17(27)15-9-19(15)4-6-26(7-5-19)18(28)16-11-24-12-29-16/h1-3,8,11-12,15H,4-7,9-10H2,(H,25,27). The maximum absolute atomic E-state index is 12.8. The number of nitrogens with zero attached hydrogens (tertiary/aromatic N) is 2. The van der Waals surface area contributed by atoms with Gasteiger partial charge in [0.2, 0.25) is 5.91 Å². The van der Waals surface area contributed by atoms with E-state index in [1.807, 2.05) is 0 Å². The summed E-state index contributed by atoms with van der Waals surface area (Å²) in [6.07, 6.45) is -0.536. The van der Waals surface area contributed by atoms with Crippen molar-refractivity contribution in [2.75, 3.05) is 13.1 Å². The molecule has 1 atom stereocenters. The van der Waals surface area contributed by atoms with Gasteiger partial charge in [0.25, 0.3) is 5.91 Å². The van der Waals surface area contributed by atoms with Crippen molar-refractivity contribution in [3.8, 4) is 0 Å². The fraction of sp³-hybridized carbons (Fsp3) is 0.450. The van der Waals surface area contributed by atoms with E-state index in [1.54, 1.807) is 22.7 Å². The summed E-state index contributed by atoms with van der Waals surface area (Å²) in [7, 11) is 0. The Kier molecular flexibility index (Phi) is 5.10. The van der Waals surface area contributed by atoms with Gasteiger partial charge in [-0.05, 0) is 42.4 Å². The van der Waals surface area contributed by atoms with Gasteiger partial charge in [0, 0.05) is 25.6 Å². The molecule has 1 spiro atoms. The average Bonchev–Trinajstić information content (AvgIpc) is 3.14. The van der Waals surface area contributed by atoms with Crippen molar-refractivity contribution < 1.29 is 22.8 Å². The van der Waals surface area contributed by atoms with Crippen molar-refractivity contribution in [2.45, 2.75) is 32.0 Å². The summed E-state index contributed by atoms with van der Waals surface area (Å²) in [6.45, 7) is 1.29. The first-order chi connectivity index (χ1) is 13.8. The highest BCUT2D eigenvalue weighted by molar-refractivity contribution is 7.11. The molecular formula is C20H20F3N3O2S. The van der Waals surface area contributed by atoms with Crippen LogP contribution in [0, 0.1) is 11.3 Å². The largest absolute Gasteiger partial charge is 0.416 e. The normalized spacial score (nSPS) is 20.5. The van der Waals surface area contributed by atoms with Crippen LogP contribution < -0.4 is 5.32 Å². The van der Waals surface area contributed by atoms with Gasteiger partial charge in [-0.25, -0.2) is 0 Å². The van der Waals surface area contributed by atoms with Gasteiger partial charge in [-0.3, -0.25) is 14.6 Å². The summed E-state index contributed by atoms with van der Waals surface area (Å²) in [5, 5.41) is 2.77. The number of nitrogens with one attached hydrogen (secondary N) is 1. The number of thiazole rings is 1. The van der Waals surface area contributed by atoms with Crippen LogP contribution in [0.15, 0.2) is 36.0 Å². The molecule has 1 N–H and O–H groups in total. The zero-order chi connectivity index (χ0) is 20.6. The summed E-state index contributed by atoms with van der Waals surface area (Å²) in [5.41, 5.74) is 1.25. The van der Waals surface area contributed by atoms with Crippen molar-refractivity contribution >= 4 is 23.2 Å². The third kappa shape index (κ3) is 4.14. The molecule has 2 aromatic rings. The number of hydrogen-bond donors (Lipinski definition) is 1. The highest BCUT2D eigenvalue weighted by atomic mass is 32.1. The third-order valence-electron chi connectivity index (χ3n) is 5.92. The van der Waals surface area contributed by atoms with Crippen molar-refractivity contribution in [3.63, 3.8) is 0 Å². The minimum absolute atomic E-state index is 0.0199. The fourth-order valence-electron chi connectivity index (χ4n) is 4.07. The Morgan fingerprint density at radius 1 is 1.28 bits per heavy atom. The number of piperidine rings is 1. The van der Waals surface area contributed by atoms with Gasteiger partial charge in [0.15, 0.2) is 0 Å². The molecule has 2 heterocycles. The smallest absolute Gasteiger partial charge is 0.352 e. The Hall–Kier alpha value is -2.42. The van der Waals surface area contributed by atoms with Crippen molar-refractivity contribution in [1.82, 2.24) is 15.2 Å². The van der Waals surface area contributed by atoms with E-state index < -0.39 is 11.7 Å². The van der Waals surface area contributed by atoms with Gasteiger partial charge in [-0.2, -0.15) is 13.2 Å². The summed E-state index contributed by atoms with van der Waals surface area (Å²) in [4.78, 5) is 31.3. The van der Waals surface area contributed by atoms with E-state index in [1.165, 1.54) is 17.4 Å². The number of likely N-dealkylation sites (tertiary alicyclic amines) is 1. The van der Waals surface area contributed by atoms with Crippen molar-refractivity contribution in [3.05, 3.63) is 52.0 Å². The lowest BCUT2D eigenvalue weighted by molar-refractivity contribution is -0.137. The summed E-state index contributed by atoms with van der Waals surface area (Å²) < 4.78 is 38.4. The maximum Gasteiger partial charge on any atom is 0.416 e. The number of amides is 2. The Morgan fingerprint density at radius 3 is 2.69 bits per heavy atom. The minimum Gasteiger partial charge on any atom is -0.352 e. The Morgan fingerprint density at radius 2 is 2.03 bits per heavy atom. The van der Waals surface area contributed by atoms with Crippen LogP contribution in [0.5, 0.6) is 0 Å². The lowest BCUT2D eigenvalue weighted by Gasteiger charge is -2.32. The second kappa shape index (κ2) is 7.44. The quantitative estimate of drug-likeness (QED) is 0.815. The predicted molar refractivity (Wildman–Crippen MR) is 101 cm³/mol. The molecule has 2 amide bonds. The van der Waals surface area contributed by atoms with E-state index in [2.05, 4.69) is 10.3 Å². The molecule has 2 fully saturated rings. The van der Waals surface area contributed by atoms with Gasteiger partial charge in [-0.15, -0.1) is 11.3 Å². The van der Waals surface area contributed by atoms with Gasteiger partial charge < -0.3 is 10.2 Å². The van der Waals surface area contributed by atoms with E-state index >= 15 is 0 Å². The van der Waals surface area contributed by atoms with E-state index in [-0.39, 0.29) is 29.7 Å². The molecule has 1 saturated heterocycles. The summed E-state index contributed by atoms with van der Waals surface area (Å²) in [6, 6.07) is 5.00. The van der Waals surface area contributed by atoms with Gasteiger partial charge >= 0.3 is 6.18 Å². The fourth-order valence-corrected chi connectivity index (χ4v) is 4.66. The monoisotopic (exact) mass is 423 g/mol. The minimum atomic E-state index is -4.40. The first-order valence-electron chi connectivity index (χ1n) is 9.40. The number of alkyl halides is 3. The number of carbonyl (C=O) groups excluding carboxylic acids is 2. The molecule has 29 heavy (non-hydrogen) atoms.